The van der Waals surface area contributed by atoms with Crippen molar-refractivity contribution in [3.63, 3.8) is 0 Å². The summed E-state index contributed by atoms with van der Waals surface area (Å²) in [6.07, 6.45) is 10.5. The lowest BCUT2D eigenvalue weighted by molar-refractivity contribution is 1.31. The minimum absolute atomic E-state index is 1.21. The van der Waals surface area contributed by atoms with E-state index in [0.29, 0.717) is 0 Å². The molecule has 8 rings (SSSR count). The molecule has 0 unspecified atom stereocenters. The molecule has 0 saturated heterocycles. The van der Waals surface area contributed by atoms with Gasteiger partial charge in [-0.2, -0.15) is 11.3 Å². The van der Waals surface area contributed by atoms with Crippen molar-refractivity contribution in [1.82, 2.24) is 19.9 Å². The molecule has 0 aliphatic carbocycles. The number of thiophene rings is 1. The Labute approximate surface area is 328 Å². The Morgan fingerprint density at radius 1 is 0.358 bits per heavy atom. The molecule has 4 nitrogen and oxygen atoms in total. The zero-order chi connectivity index (χ0) is 40.5. The maximum atomic E-state index is 3.78. The van der Waals surface area contributed by atoms with Gasteiger partial charge in [0.1, 0.15) is 0 Å². The summed E-state index contributed by atoms with van der Waals surface area (Å²) in [5.74, 6) is 0. The van der Waals surface area contributed by atoms with Gasteiger partial charge in [0.2, 0.25) is 0 Å². The van der Waals surface area contributed by atoms with Crippen LogP contribution in [0.2, 0.25) is 0 Å². The van der Waals surface area contributed by atoms with Gasteiger partial charge in [-0.05, 0) is 51.2 Å². The summed E-state index contributed by atoms with van der Waals surface area (Å²) in [6.45, 7) is 24.0. The van der Waals surface area contributed by atoms with E-state index in [0.717, 1.165) is 0 Å². The van der Waals surface area contributed by atoms with Crippen LogP contribution in [0.5, 0.6) is 0 Å². The van der Waals surface area contributed by atoms with Crippen LogP contribution in [-0.4, -0.2) is 19.9 Å². The van der Waals surface area contributed by atoms with Crippen molar-refractivity contribution in [2.24, 2.45) is 0 Å². The summed E-state index contributed by atoms with van der Waals surface area (Å²) in [5, 5.41) is 7.98. The molecule has 4 aromatic heterocycles. The topological polar surface area (TPSA) is 57.4 Å². The van der Waals surface area contributed by atoms with E-state index in [9.17, 15) is 0 Å². The van der Waals surface area contributed by atoms with Crippen LogP contribution < -0.4 is 0 Å². The standard InChI is InChI=1S/C10H8.C8H7N.C6H6.C5H5N.C4H4S.C3H4N2.6C2H6/c1-2-6-10-8-4-3-7-9(10)5-1;1-2-4-8-7(3-1)5-6-9-8;2*1-2-4-6-5-3-1;1-2-4-5-3-1;1-2-5-3-4-1;6*1-2/h1-8H;1-6,9H;1-6H;1-5H;1-4H;1-3H,(H,4,5);6*1-2H3. The molecule has 5 heteroatoms. The molecule has 0 amide bonds. The fraction of sp³-hybridized carbons (Fsp3) is 0.250. The second-order valence-corrected chi connectivity index (χ2v) is 8.96. The lowest BCUT2D eigenvalue weighted by Crippen LogP contribution is -1.67. The van der Waals surface area contributed by atoms with Gasteiger partial charge in [0.05, 0.1) is 6.33 Å². The predicted molar refractivity (Wildman–Crippen MR) is 244 cm³/mol. The SMILES string of the molecule is CC.CC.CC.CC.CC.CC.c1c[nH]cn1.c1ccc2[nH]ccc2c1.c1ccc2ccccc2c1.c1ccccc1.c1ccncc1.c1ccsc1. The molecule has 2 N–H and O–H groups in total. The number of hydrogen-bond acceptors (Lipinski definition) is 3. The first kappa shape index (κ1) is 54.5. The van der Waals surface area contributed by atoms with Gasteiger partial charge in [-0.3, -0.25) is 4.98 Å². The highest BCUT2D eigenvalue weighted by molar-refractivity contribution is 7.07. The van der Waals surface area contributed by atoms with Gasteiger partial charge in [-0.25, -0.2) is 4.98 Å². The second kappa shape index (κ2) is 51.1. The van der Waals surface area contributed by atoms with Crippen LogP contribution >= 0.6 is 11.3 Å². The molecule has 0 radical (unpaired) electrons. The van der Waals surface area contributed by atoms with E-state index in [1.54, 1.807) is 42.5 Å². The fourth-order valence-corrected chi connectivity index (χ4v) is 3.72. The summed E-state index contributed by atoms with van der Waals surface area (Å²) >= 11 is 1.71. The summed E-state index contributed by atoms with van der Waals surface area (Å²) in [5.41, 5.74) is 1.21. The number of benzene rings is 4. The Hall–Kier alpha value is -5.26. The number of nitrogens with zero attached hydrogens (tertiary/aromatic N) is 2. The Kier molecular flexibility index (Phi) is 52.6. The molecule has 0 fully saturated rings. The van der Waals surface area contributed by atoms with Crippen LogP contribution in [-0.2, 0) is 0 Å². The van der Waals surface area contributed by atoms with Gasteiger partial charge in [0, 0.05) is 36.5 Å². The lowest BCUT2D eigenvalue weighted by Gasteiger charge is -1.92. The molecule has 0 bridgehead atoms. The Bertz CT molecular complexity index is 1390. The second-order valence-electron chi connectivity index (χ2n) is 8.15. The number of hydrogen-bond donors (Lipinski definition) is 2. The number of aromatic nitrogens is 4. The van der Waals surface area contributed by atoms with Crippen molar-refractivity contribution in [2.75, 3.05) is 0 Å². The zero-order valence-corrected chi connectivity index (χ0v) is 35.6. The molecule has 53 heavy (non-hydrogen) atoms. The van der Waals surface area contributed by atoms with E-state index in [2.05, 4.69) is 86.7 Å². The van der Waals surface area contributed by atoms with E-state index >= 15 is 0 Å². The lowest BCUT2D eigenvalue weighted by atomic mass is 10.1. The summed E-state index contributed by atoms with van der Waals surface area (Å²) in [7, 11) is 0. The van der Waals surface area contributed by atoms with Gasteiger partial charge in [0.25, 0.3) is 0 Å². The average Bonchev–Trinajstić information content (AvgIpc) is 4.15. The molecule has 8 aromatic rings. The largest absolute Gasteiger partial charge is 0.361 e. The Morgan fingerprint density at radius 2 is 0.755 bits per heavy atom. The smallest absolute Gasteiger partial charge is 0.0919 e. The first-order valence-corrected chi connectivity index (χ1v) is 20.1. The fourth-order valence-electron chi connectivity index (χ4n) is 3.27. The van der Waals surface area contributed by atoms with Crippen molar-refractivity contribution < 1.29 is 0 Å². The molecular formula is C48H70N4S. The first-order chi connectivity index (χ1) is 26.4. The molecular weight excluding hydrogens is 665 g/mol. The van der Waals surface area contributed by atoms with Crippen LogP contribution in [0.25, 0.3) is 21.7 Å². The number of H-pyrrole nitrogens is 2. The Balaban J connectivity index is -0.000000261. The molecule has 0 spiro atoms. The third kappa shape index (κ3) is 34.9. The zero-order valence-electron chi connectivity index (χ0n) is 34.8. The van der Waals surface area contributed by atoms with Gasteiger partial charge < -0.3 is 9.97 Å². The molecule has 0 atom stereocenters. The van der Waals surface area contributed by atoms with E-state index in [1.807, 2.05) is 179 Å². The summed E-state index contributed by atoms with van der Waals surface area (Å²) in [4.78, 5) is 13.3. The van der Waals surface area contributed by atoms with Crippen molar-refractivity contribution in [3.05, 3.63) is 194 Å². The number of para-hydroxylation sites is 1. The van der Waals surface area contributed by atoms with Crippen LogP contribution in [0.4, 0.5) is 0 Å². The molecule has 0 saturated carbocycles. The van der Waals surface area contributed by atoms with Crippen molar-refractivity contribution in [1.29, 1.82) is 0 Å². The van der Waals surface area contributed by atoms with Gasteiger partial charge in [-0.1, -0.05) is 204 Å². The number of aromatic amines is 2. The monoisotopic (exact) mass is 735 g/mol. The predicted octanol–water partition coefficient (Wildman–Crippen LogP) is 16.1. The van der Waals surface area contributed by atoms with Crippen LogP contribution in [0, 0.1) is 0 Å². The number of imidazole rings is 1. The third-order valence-corrected chi connectivity index (χ3v) is 5.81. The van der Waals surface area contributed by atoms with Crippen LogP contribution in [0.1, 0.15) is 83.1 Å². The van der Waals surface area contributed by atoms with Gasteiger partial charge >= 0.3 is 0 Å². The van der Waals surface area contributed by atoms with Gasteiger partial charge in [0.15, 0.2) is 0 Å². The normalized spacial score (nSPS) is 7.62. The molecule has 4 aromatic carbocycles. The van der Waals surface area contributed by atoms with Crippen molar-refractivity contribution >= 4 is 33.0 Å². The van der Waals surface area contributed by atoms with Gasteiger partial charge in [-0.15, -0.1) is 0 Å². The summed E-state index contributed by atoms with van der Waals surface area (Å²) in [6, 6.07) is 48.7. The number of nitrogens with one attached hydrogen (secondary N) is 2. The highest BCUT2D eigenvalue weighted by atomic mass is 32.1. The van der Waals surface area contributed by atoms with E-state index < -0.39 is 0 Å². The molecule has 288 valence electrons. The molecule has 0 aliphatic heterocycles. The minimum atomic E-state index is 1.21. The third-order valence-electron chi connectivity index (χ3n) is 5.19. The summed E-state index contributed by atoms with van der Waals surface area (Å²) < 4.78 is 0. The number of pyridine rings is 1. The van der Waals surface area contributed by atoms with Crippen molar-refractivity contribution in [3.8, 4) is 0 Å². The van der Waals surface area contributed by atoms with E-state index in [-0.39, 0.29) is 0 Å². The van der Waals surface area contributed by atoms with Crippen LogP contribution in [0.15, 0.2) is 194 Å². The maximum Gasteiger partial charge on any atom is 0.0919 e. The van der Waals surface area contributed by atoms with Crippen LogP contribution in [0.3, 0.4) is 0 Å². The minimum Gasteiger partial charge on any atom is -0.361 e. The highest BCUT2D eigenvalue weighted by Crippen LogP contribution is 2.11. The van der Waals surface area contributed by atoms with E-state index in [1.165, 1.54) is 21.7 Å². The molecule has 4 heterocycles. The highest BCUT2D eigenvalue weighted by Gasteiger charge is 1.87. The average molecular weight is 735 g/mol. The number of fused-ring (bicyclic) bond motifs is 2. The number of rotatable bonds is 0. The Morgan fingerprint density at radius 3 is 1.02 bits per heavy atom. The molecule has 0 aliphatic rings. The first-order valence-electron chi connectivity index (χ1n) is 19.1. The van der Waals surface area contributed by atoms with Crippen molar-refractivity contribution in [2.45, 2.75) is 83.1 Å². The quantitative estimate of drug-likeness (QED) is 0.163. The maximum absolute atomic E-state index is 3.78. The van der Waals surface area contributed by atoms with E-state index in [4.69, 9.17) is 0 Å².